The van der Waals surface area contributed by atoms with Crippen LogP contribution in [0.25, 0.3) is 11.1 Å². The summed E-state index contributed by atoms with van der Waals surface area (Å²) in [6.07, 6.45) is 5.61. The van der Waals surface area contributed by atoms with Crippen LogP contribution in [0.5, 0.6) is 0 Å². The van der Waals surface area contributed by atoms with Crippen LogP contribution in [0.3, 0.4) is 0 Å². The van der Waals surface area contributed by atoms with Crippen LogP contribution in [-0.2, 0) is 22.4 Å². The number of pyridine rings is 1. The molecule has 33 heavy (non-hydrogen) atoms. The van der Waals surface area contributed by atoms with Crippen LogP contribution in [0, 0.1) is 5.82 Å². The maximum Gasteiger partial charge on any atom is 0.246 e. The van der Waals surface area contributed by atoms with Gasteiger partial charge in [0.15, 0.2) is 0 Å². The summed E-state index contributed by atoms with van der Waals surface area (Å²) in [7, 11) is 0. The molecule has 0 spiro atoms. The van der Waals surface area contributed by atoms with Crippen molar-refractivity contribution in [2.75, 3.05) is 19.6 Å². The van der Waals surface area contributed by atoms with Gasteiger partial charge in [-0.3, -0.25) is 14.6 Å². The van der Waals surface area contributed by atoms with E-state index in [9.17, 15) is 14.0 Å². The van der Waals surface area contributed by atoms with Crippen molar-refractivity contribution in [2.45, 2.75) is 18.9 Å². The number of halogens is 1. The van der Waals surface area contributed by atoms with Gasteiger partial charge in [0.2, 0.25) is 11.8 Å². The van der Waals surface area contributed by atoms with E-state index >= 15 is 0 Å². The predicted octanol–water partition coefficient (Wildman–Crippen LogP) is 3.90. The summed E-state index contributed by atoms with van der Waals surface area (Å²) in [6.45, 7) is 5.07. The lowest BCUT2D eigenvalue weighted by Crippen LogP contribution is -2.59. The highest BCUT2D eigenvalue weighted by molar-refractivity contribution is 5.90. The van der Waals surface area contributed by atoms with Gasteiger partial charge in [0.25, 0.3) is 0 Å². The zero-order valence-electron chi connectivity index (χ0n) is 18.4. The highest BCUT2D eigenvalue weighted by Gasteiger charge is 2.37. The van der Waals surface area contributed by atoms with Crippen molar-refractivity contribution in [3.8, 4) is 11.1 Å². The molecule has 0 unspecified atom stereocenters. The van der Waals surface area contributed by atoms with Crippen LogP contribution < -0.4 is 0 Å². The van der Waals surface area contributed by atoms with Crippen molar-refractivity contribution < 1.29 is 14.0 Å². The molecule has 0 bridgehead atoms. The van der Waals surface area contributed by atoms with Gasteiger partial charge in [-0.1, -0.05) is 42.5 Å². The molecule has 1 aliphatic rings. The Balaban J connectivity index is 1.64. The first-order valence-corrected chi connectivity index (χ1v) is 11.0. The Bertz CT molecular complexity index is 1150. The van der Waals surface area contributed by atoms with Gasteiger partial charge in [-0.2, -0.15) is 0 Å². The first kappa shape index (κ1) is 22.4. The Morgan fingerprint density at radius 2 is 1.88 bits per heavy atom. The average Bonchev–Trinajstić information content (AvgIpc) is 2.82. The smallest absolute Gasteiger partial charge is 0.246 e. The second-order valence-electron chi connectivity index (χ2n) is 8.08. The molecule has 1 atom stereocenters. The van der Waals surface area contributed by atoms with Crippen LogP contribution in [0.2, 0.25) is 0 Å². The summed E-state index contributed by atoms with van der Waals surface area (Å²) in [4.78, 5) is 34.1. The van der Waals surface area contributed by atoms with Crippen molar-refractivity contribution in [3.63, 3.8) is 0 Å². The molecule has 2 heterocycles. The van der Waals surface area contributed by atoms with Gasteiger partial charge < -0.3 is 9.80 Å². The molecule has 0 aliphatic carbocycles. The van der Waals surface area contributed by atoms with Gasteiger partial charge in [-0.05, 0) is 46.5 Å². The maximum atomic E-state index is 13.6. The lowest BCUT2D eigenvalue weighted by Gasteiger charge is -2.40. The fourth-order valence-corrected chi connectivity index (χ4v) is 4.31. The molecule has 6 heteroatoms. The highest BCUT2D eigenvalue weighted by Crippen LogP contribution is 2.27. The van der Waals surface area contributed by atoms with E-state index in [2.05, 4.69) is 11.6 Å². The van der Waals surface area contributed by atoms with Gasteiger partial charge in [0.1, 0.15) is 11.9 Å². The van der Waals surface area contributed by atoms with Crippen LogP contribution in [0.4, 0.5) is 4.39 Å². The third-order valence-electron chi connectivity index (χ3n) is 5.92. The quantitative estimate of drug-likeness (QED) is 0.521. The topological polar surface area (TPSA) is 53.5 Å². The minimum Gasteiger partial charge on any atom is -0.335 e. The zero-order valence-corrected chi connectivity index (χ0v) is 18.4. The molecular weight excluding hydrogens is 417 g/mol. The van der Waals surface area contributed by atoms with Crippen molar-refractivity contribution in [3.05, 3.63) is 103 Å². The number of benzene rings is 2. The van der Waals surface area contributed by atoms with E-state index in [1.807, 2.05) is 36.4 Å². The molecule has 2 amide bonds. The molecule has 2 aromatic carbocycles. The van der Waals surface area contributed by atoms with Crippen LogP contribution in [-0.4, -0.2) is 52.3 Å². The molecule has 0 N–H and O–H groups in total. The Labute approximate surface area is 193 Å². The molecule has 1 aliphatic heterocycles. The van der Waals surface area contributed by atoms with E-state index < -0.39 is 6.04 Å². The van der Waals surface area contributed by atoms with Crippen LogP contribution in [0.1, 0.15) is 11.1 Å². The Morgan fingerprint density at radius 3 is 2.64 bits per heavy atom. The fourth-order valence-electron chi connectivity index (χ4n) is 4.31. The minimum absolute atomic E-state index is 0.0506. The largest absolute Gasteiger partial charge is 0.335 e. The van der Waals surface area contributed by atoms with Gasteiger partial charge in [-0.25, -0.2) is 4.39 Å². The van der Waals surface area contributed by atoms with Crippen molar-refractivity contribution in [1.29, 1.82) is 0 Å². The molecular formula is C27H26FN3O2. The molecule has 168 valence electrons. The van der Waals surface area contributed by atoms with Crippen molar-refractivity contribution in [2.24, 2.45) is 0 Å². The first-order valence-electron chi connectivity index (χ1n) is 11.0. The van der Waals surface area contributed by atoms with Gasteiger partial charge in [-0.15, -0.1) is 6.58 Å². The zero-order chi connectivity index (χ0) is 23.2. The molecule has 1 fully saturated rings. The maximum absolute atomic E-state index is 13.6. The third kappa shape index (κ3) is 5.17. The van der Waals surface area contributed by atoms with Gasteiger partial charge in [0.05, 0.1) is 6.42 Å². The number of amides is 2. The monoisotopic (exact) mass is 443 g/mol. The number of hydrogen-bond donors (Lipinski definition) is 0. The van der Waals surface area contributed by atoms with E-state index in [-0.39, 0.29) is 24.1 Å². The Hall–Kier alpha value is -3.80. The summed E-state index contributed by atoms with van der Waals surface area (Å²) in [5.41, 5.74) is 3.58. The lowest BCUT2D eigenvalue weighted by molar-refractivity contribution is -0.150. The van der Waals surface area contributed by atoms with E-state index in [4.69, 9.17) is 0 Å². The second-order valence-corrected chi connectivity index (χ2v) is 8.08. The number of rotatable bonds is 7. The fraction of sp³-hybridized carbons (Fsp3) is 0.222. The molecule has 1 aromatic heterocycles. The summed E-state index contributed by atoms with van der Waals surface area (Å²) >= 11 is 0. The standard InChI is InChI=1S/C27H26FN3O2/c1-2-14-30-15-16-31(26(32)18-20-6-5-8-23(28)17-20)25(27(30)33)19-22-7-3-4-9-24(22)21-10-12-29-13-11-21/h2-13,17,25H,1,14-16,18-19H2/t25-/m0/s1. The third-order valence-corrected chi connectivity index (χ3v) is 5.92. The number of piperazine rings is 1. The minimum atomic E-state index is -0.636. The number of aromatic nitrogens is 1. The van der Waals surface area contributed by atoms with Gasteiger partial charge >= 0.3 is 0 Å². The first-order chi connectivity index (χ1) is 16.1. The van der Waals surface area contributed by atoms with E-state index in [1.54, 1.807) is 40.4 Å². The molecule has 0 saturated carbocycles. The van der Waals surface area contributed by atoms with Crippen LogP contribution in [0.15, 0.2) is 85.7 Å². The Kier molecular flexibility index (Phi) is 6.93. The van der Waals surface area contributed by atoms with Gasteiger partial charge in [0, 0.05) is 38.4 Å². The molecule has 4 rings (SSSR count). The van der Waals surface area contributed by atoms with E-state index in [0.29, 0.717) is 31.6 Å². The molecule has 0 radical (unpaired) electrons. The number of nitrogens with zero attached hydrogens (tertiary/aromatic N) is 3. The normalized spacial score (nSPS) is 16.0. The van der Waals surface area contributed by atoms with Crippen LogP contribution >= 0.6 is 0 Å². The summed E-state index contributed by atoms with van der Waals surface area (Å²) in [6, 6.07) is 17.2. The SMILES string of the molecule is C=CCN1CCN(C(=O)Cc2cccc(F)c2)[C@@H](Cc2ccccc2-c2ccncc2)C1=O. The molecule has 1 saturated heterocycles. The number of carbonyl (C=O) groups is 2. The lowest BCUT2D eigenvalue weighted by atomic mass is 9.93. The Morgan fingerprint density at radius 1 is 1.09 bits per heavy atom. The second kappa shape index (κ2) is 10.2. The molecule has 3 aromatic rings. The number of carbonyl (C=O) groups excluding carboxylic acids is 2. The summed E-state index contributed by atoms with van der Waals surface area (Å²) < 4.78 is 13.6. The average molecular weight is 444 g/mol. The van der Waals surface area contributed by atoms with E-state index in [0.717, 1.165) is 16.7 Å². The molecule has 5 nitrogen and oxygen atoms in total. The highest BCUT2D eigenvalue weighted by atomic mass is 19.1. The van der Waals surface area contributed by atoms with E-state index in [1.165, 1.54) is 12.1 Å². The predicted molar refractivity (Wildman–Crippen MR) is 126 cm³/mol. The summed E-state index contributed by atoms with van der Waals surface area (Å²) in [5, 5.41) is 0. The number of hydrogen-bond acceptors (Lipinski definition) is 3. The van der Waals surface area contributed by atoms with Crippen molar-refractivity contribution >= 4 is 11.8 Å². The van der Waals surface area contributed by atoms with Crippen molar-refractivity contribution in [1.82, 2.24) is 14.8 Å². The summed E-state index contributed by atoms with van der Waals surface area (Å²) in [5.74, 6) is -0.660.